The summed E-state index contributed by atoms with van der Waals surface area (Å²) in [4.78, 5) is 30.0. The fourth-order valence-corrected chi connectivity index (χ4v) is 4.89. The molecule has 3 aromatic carbocycles. The van der Waals surface area contributed by atoms with Crippen LogP contribution in [0.3, 0.4) is 0 Å². The number of nitrogens with zero attached hydrogens (tertiary/aromatic N) is 1. The molecule has 0 spiro atoms. The van der Waals surface area contributed by atoms with Crippen molar-refractivity contribution in [2.24, 2.45) is 0 Å². The van der Waals surface area contributed by atoms with Gasteiger partial charge in [-0.3, -0.25) is 4.79 Å². The third kappa shape index (κ3) is 8.49. The van der Waals surface area contributed by atoms with Crippen molar-refractivity contribution in [2.45, 2.75) is 32.7 Å². The molecule has 0 bridgehead atoms. The van der Waals surface area contributed by atoms with Crippen molar-refractivity contribution in [1.29, 1.82) is 0 Å². The van der Waals surface area contributed by atoms with E-state index in [1.807, 2.05) is 31.2 Å². The highest BCUT2D eigenvalue weighted by atomic mass is 79.9. The van der Waals surface area contributed by atoms with Crippen LogP contribution in [0.1, 0.15) is 40.5 Å². The maximum Gasteiger partial charge on any atom is 0.416 e. The largest absolute Gasteiger partial charge is 0.443 e. The molecule has 0 radical (unpaired) electrons. The Morgan fingerprint density at radius 3 is 2.26 bits per heavy atom. The number of nitrogens with one attached hydrogen (secondary N) is 2. The molecule has 4 rings (SSSR count). The number of rotatable bonds is 9. The standard InChI is InChI=1S/C31H25BrCl2F3N3O3/c1-2-13-38-30(42)43-17-27-20(16-39-29(41)19-3-7-21(8-4-19)31(35,36)37)14-25(24-12-11-23(33)15-26(24)34)28(40-27)18-5-9-22(32)10-6-18/h3-12,14-15H,2,13,16-17H2,1H3,(H,38,42)(H,39,41). The van der Waals surface area contributed by atoms with Crippen molar-refractivity contribution in [3.63, 3.8) is 0 Å². The molecule has 224 valence electrons. The van der Waals surface area contributed by atoms with E-state index in [1.54, 1.807) is 24.3 Å². The van der Waals surface area contributed by atoms with Crippen molar-refractivity contribution >= 4 is 51.1 Å². The molecule has 2 amide bonds. The highest BCUT2D eigenvalue weighted by Gasteiger charge is 2.30. The number of alkyl carbamates (subject to hydrolysis) is 1. The lowest BCUT2D eigenvalue weighted by Gasteiger charge is -2.18. The molecule has 4 aromatic rings. The van der Waals surface area contributed by atoms with Gasteiger partial charge in [-0.15, -0.1) is 0 Å². The minimum absolute atomic E-state index is 0.0464. The number of amides is 2. The molecule has 2 N–H and O–H groups in total. The van der Waals surface area contributed by atoms with Crippen LogP contribution in [0.25, 0.3) is 22.4 Å². The van der Waals surface area contributed by atoms with Gasteiger partial charge in [-0.2, -0.15) is 13.2 Å². The quantitative estimate of drug-likeness (QED) is 0.183. The first-order valence-electron chi connectivity index (χ1n) is 13.1. The fraction of sp³-hybridized carbons (Fsp3) is 0.194. The van der Waals surface area contributed by atoms with Gasteiger partial charge in [0.05, 0.1) is 17.0 Å². The Bertz CT molecular complexity index is 1620. The number of carbonyl (C=O) groups is 2. The number of hydrogen-bond donors (Lipinski definition) is 2. The predicted octanol–water partition coefficient (Wildman–Crippen LogP) is 9.07. The van der Waals surface area contributed by atoms with Crippen LogP contribution < -0.4 is 10.6 Å². The molecule has 0 unspecified atom stereocenters. The summed E-state index contributed by atoms with van der Waals surface area (Å²) in [6, 6.07) is 18.2. The molecule has 0 atom stereocenters. The van der Waals surface area contributed by atoms with E-state index in [2.05, 4.69) is 26.6 Å². The fourth-order valence-electron chi connectivity index (χ4n) is 4.11. The van der Waals surface area contributed by atoms with Gasteiger partial charge in [-0.05, 0) is 66.6 Å². The second-order valence-corrected chi connectivity index (χ2v) is 11.1. The number of ether oxygens (including phenoxy) is 1. The summed E-state index contributed by atoms with van der Waals surface area (Å²) in [6.07, 6.45) is -4.42. The molecule has 0 aliphatic carbocycles. The van der Waals surface area contributed by atoms with Crippen LogP contribution in [0.4, 0.5) is 18.0 Å². The van der Waals surface area contributed by atoms with E-state index in [9.17, 15) is 22.8 Å². The number of halogens is 6. The van der Waals surface area contributed by atoms with Crippen molar-refractivity contribution in [3.05, 3.63) is 110 Å². The summed E-state index contributed by atoms with van der Waals surface area (Å²) >= 11 is 16.2. The summed E-state index contributed by atoms with van der Waals surface area (Å²) in [5, 5.41) is 6.18. The molecule has 1 heterocycles. The molecule has 12 heteroatoms. The van der Waals surface area contributed by atoms with Crippen LogP contribution in [0.2, 0.25) is 10.0 Å². The number of alkyl halides is 3. The van der Waals surface area contributed by atoms with Crippen LogP contribution >= 0.6 is 39.1 Å². The maximum atomic E-state index is 13.0. The van der Waals surface area contributed by atoms with E-state index in [1.165, 1.54) is 0 Å². The zero-order valence-corrected chi connectivity index (χ0v) is 25.8. The van der Waals surface area contributed by atoms with Crippen molar-refractivity contribution < 1.29 is 27.5 Å². The second kappa shape index (κ2) is 14.2. The van der Waals surface area contributed by atoms with Crippen molar-refractivity contribution in [1.82, 2.24) is 15.6 Å². The lowest BCUT2D eigenvalue weighted by molar-refractivity contribution is -0.137. The summed E-state index contributed by atoms with van der Waals surface area (Å²) in [5.74, 6) is -0.593. The summed E-state index contributed by atoms with van der Waals surface area (Å²) in [5.41, 5.74) is 2.61. The molecule has 0 saturated carbocycles. The molecule has 43 heavy (non-hydrogen) atoms. The number of benzene rings is 3. The molecule has 0 aliphatic heterocycles. The molecule has 1 aromatic heterocycles. The van der Waals surface area contributed by atoms with E-state index in [-0.39, 0.29) is 18.7 Å². The van der Waals surface area contributed by atoms with Crippen molar-refractivity contribution in [2.75, 3.05) is 6.54 Å². The average Bonchev–Trinajstić information content (AvgIpc) is 2.98. The van der Waals surface area contributed by atoms with Crippen LogP contribution in [0.5, 0.6) is 0 Å². The number of hydrogen-bond acceptors (Lipinski definition) is 4. The highest BCUT2D eigenvalue weighted by molar-refractivity contribution is 9.10. The molecule has 0 aliphatic rings. The van der Waals surface area contributed by atoms with E-state index in [0.29, 0.717) is 44.7 Å². The Morgan fingerprint density at radius 1 is 0.930 bits per heavy atom. The lowest BCUT2D eigenvalue weighted by atomic mass is 9.96. The van der Waals surface area contributed by atoms with Gasteiger partial charge < -0.3 is 15.4 Å². The number of carbonyl (C=O) groups excluding carboxylic acids is 2. The summed E-state index contributed by atoms with van der Waals surface area (Å²) in [7, 11) is 0. The third-order valence-corrected chi connectivity index (χ3v) is 7.38. The zero-order chi connectivity index (χ0) is 31.1. The topological polar surface area (TPSA) is 80.3 Å². The molecule has 0 fully saturated rings. The molecular weight excluding hydrogens is 670 g/mol. The Kier molecular flexibility index (Phi) is 10.7. The smallest absolute Gasteiger partial charge is 0.416 e. The van der Waals surface area contributed by atoms with Gasteiger partial charge in [0.15, 0.2) is 0 Å². The first kappa shape index (κ1) is 32.3. The Balaban J connectivity index is 1.75. The van der Waals surface area contributed by atoms with Gasteiger partial charge in [0.25, 0.3) is 5.91 Å². The normalized spacial score (nSPS) is 11.2. The summed E-state index contributed by atoms with van der Waals surface area (Å²) in [6.45, 7) is 2.06. The monoisotopic (exact) mass is 693 g/mol. The van der Waals surface area contributed by atoms with Gasteiger partial charge in [0.1, 0.15) is 6.61 Å². The third-order valence-electron chi connectivity index (χ3n) is 6.30. The van der Waals surface area contributed by atoms with Crippen LogP contribution in [-0.2, 0) is 24.1 Å². The van der Waals surface area contributed by atoms with Gasteiger partial charge in [0, 0.05) is 49.9 Å². The van der Waals surface area contributed by atoms with Crippen LogP contribution in [0, 0.1) is 0 Å². The first-order valence-corrected chi connectivity index (χ1v) is 14.6. The average molecular weight is 695 g/mol. The van der Waals surface area contributed by atoms with Gasteiger partial charge >= 0.3 is 12.3 Å². The Labute approximate surface area is 264 Å². The molecule has 6 nitrogen and oxygen atoms in total. The van der Waals surface area contributed by atoms with Crippen LogP contribution in [-0.4, -0.2) is 23.5 Å². The highest BCUT2D eigenvalue weighted by Crippen LogP contribution is 2.38. The second-order valence-electron chi connectivity index (χ2n) is 9.38. The van der Waals surface area contributed by atoms with E-state index in [4.69, 9.17) is 32.9 Å². The van der Waals surface area contributed by atoms with Crippen molar-refractivity contribution in [3.8, 4) is 22.4 Å². The SMILES string of the molecule is CCCNC(=O)OCc1nc(-c2ccc(Br)cc2)c(-c2ccc(Cl)cc2Cl)cc1CNC(=O)c1ccc(C(F)(F)F)cc1. The number of aromatic nitrogens is 1. The van der Waals surface area contributed by atoms with E-state index in [0.717, 1.165) is 40.7 Å². The minimum atomic E-state index is -4.52. The van der Waals surface area contributed by atoms with E-state index < -0.39 is 23.7 Å². The lowest BCUT2D eigenvalue weighted by Crippen LogP contribution is -2.26. The Hall–Kier alpha value is -3.60. The number of pyridine rings is 1. The van der Waals surface area contributed by atoms with Crippen LogP contribution in [0.15, 0.2) is 77.3 Å². The minimum Gasteiger partial charge on any atom is -0.443 e. The van der Waals surface area contributed by atoms with Gasteiger partial charge in [-0.1, -0.05) is 64.3 Å². The van der Waals surface area contributed by atoms with Gasteiger partial charge in [0.2, 0.25) is 0 Å². The maximum absolute atomic E-state index is 13.0. The Morgan fingerprint density at radius 2 is 1.63 bits per heavy atom. The molecular formula is C31H25BrCl2F3N3O3. The van der Waals surface area contributed by atoms with Gasteiger partial charge in [-0.25, -0.2) is 9.78 Å². The molecule has 0 saturated heterocycles. The first-order chi connectivity index (χ1) is 20.5. The summed E-state index contributed by atoms with van der Waals surface area (Å²) < 4.78 is 45.2. The zero-order valence-electron chi connectivity index (χ0n) is 22.7. The predicted molar refractivity (Wildman–Crippen MR) is 164 cm³/mol. The van der Waals surface area contributed by atoms with E-state index >= 15 is 0 Å².